The highest BCUT2D eigenvalue weighted by molar-refractivity contribution is 4.72. The summed E-state index contributed by atoms with van der Waals surface area (Å²) in [4.78, 5) is 0. The summed E-state index contributed by atoms with van der Waals surface area (Å²) in [5.74, 6) is 0.550. The summed E-state index contributed by atoms with van der Waals surface area (Å²) < 4.78 is 4.94. The van der Waals surface area contributed by atoms with Gasteiger partial charge in [0, 0.05) is 13.7 Å². The maximum absolute atomic E-state index is 9.73. The van der Waals surface area contributed by atoms with Crippen LogP contribution >= 0.6 is 0 Å². The van der Waals surface area contributed by atoms with E-state index in [1.807, 2.05) is 0 Å². The molecule has 1 rings (SSSR count). The lowest BCUT2D eigenvalue weighted by Crippen LogP contribution is -2.24. The molecule has 1 aliphatic rings. The molecule has 0 aromatic carbocycles. The van der Waals surface area contributed by atoms with Crippen molar-refractivity contribution in [3.63, 3.8) is 0 Å². The smallest absolute Gasteiger partial charge is 0.0590 e. The van der Waals surface area contributed by atoms with Crippen LogP contribution in [0.3, 0.4) is 0 Å². The molecule has 1 fully saturated rings. The molecule has 0 amide bonds. The molecule has 0 heterocycles. The average molecular weight is 172 g/mol. The van der Waals surface area contributed by atoms with Crippen molar-refractivity contribution >= 4 is 0 Å². The van der Waals surface area contributed by atoms with Crippen LogP contribution in [0.1, 0.15) is 38.5 Å². The Morgan fingerprint density at radius 2 is 2.00 bits per heavy atom. The van der Waals surface area contributed by atoms with Crippen molar-refractivity contribution in [2.45, 2.75) is 44.6 Å². The van der Waals surface area contributed by atoms with Crippen molar-refractivity contribution in [2.24, 2.45) is 5.92 Å². The SMILES string of the molecule is COCCC(O)C1CCCCC1. The van der Waals surface area contributed by atoms with Crippen LogP contribution in [0.25, 0.3) is 0 Å². The molecular weight excluding hydrogens is 152 g/mol. The lowest BCUT2D eigenvalue weighted by Gasteiger charge is -2.26. The van der Waals surface area contributed by atoms with Crippen LogP contribution < -0.4 is 0 Å². The van der Waals surface area contributed by atoms with Crippen molar-refractivity contribution in [1.82, 2.24) is 0 Å². The first-order valence-corrected chi connectivity index (χ1v) is 5.01. The van der Waals surface area contributed by atoms with Gasteiger partial charge in [0.2, 0.25) is 0 Å². The molecule has 2 nitrogen and oxygen atoms in total. The average Bonchev–Trinajstić information content (AvgIpc) is 2.15. The minimum absolute atomic E-state index is 0.120. The molecule has 0 bridgehead atoms. The topological polar surface area (TPSA) is 29.5 Å². The molecule has 1 N–H and O–H groups in total. The van der Waals surface area contributed by atoms with Crippen LogP contribution in [-0.2, 0) is 4.74 Å². The molecule has 1 aliphatic carbocycles. The van der Waals surface area contributed by atoms with E-state index >= 15 is 0 Å². The van der Waals surface area contributed by atoms with Gasteiger partial charge in [-0.25, -0.2) is 0 Å². The normalized spacial score (nSPS) is 22.5. The van der Waals surface area contributed by atoms with Gasteiger partial charge in [-0.1, -0.05) is 19.3 Å². The summed E-state index contributed by atoms with van der Waals surface area (Å²) in [7, 11) is 1.69. The Morgan fingerprint density at radius 3 is 2.58 bits per heavy atom. The second kappa shape index (κ2) is 5.55. The minimum Gasteiger partial charge on any atom is -0.393 e. The van der Waals surface area contributed by atoms with E-state index in [2.05, 4.69) is 0 Å². The van der Waals surface area contributed by atoms with Crippen molar-refractivity contribution < 1.29 is 9.84 Å². The highest BCUT2D eigenvalue weighted by atomic mass is 16.5. The molecule has 1 atom stereocenters. The highest BCUT2D eigenvalue weighted by Crippen LogP contribution is 2.27. The Balaban J connectivity index is 2.15. The number of methoxy groups -OCH3 is 1. The number of aliphatic hydroxyl groups is 1. The molecule has 72 valence electrons. The van der Waals surface area contributed by atoms with E-state index in [0.717, 1.165) is 6.42 Å². The minimum atomic E-state index is -0.120. The van der Waals surface area contributed by atoms with E-state index < -0.39 is 0 Å². The summed E-state index contributed by atoms with van der Waals surface area (Å²) in [5, 5.41) is 9.73. The molecule has 0 aliphatic heterocycles. The van der Waals surface area contributed by atoms with Crippen LogP contribution in [0.2, 0.25) is 0 Å². The van der Waals surface area contributed by atoms with Crippen LogP contribution in [0, 0.1) is 5.92 Å². The van der Waals surface area contributed by atoms with Gasteiger partial charge in [0.15, 0.2) is 0 Å². The first-order chi connectivity index (χ1) is 5.84. The van der Waals surface area contributed by atoms with E-state index in [-0.39, 0.29) is 6.10 Å². The summed E-state index contributed by atoms with van der Waals surface area (Å²) in [6.07, 6.45) is 7.07. The molecule has 0 saturated heterocycles. The largest absolute Gasteiger partial charge is 0.393 e. The molecule has 1 saturated carbocycles. The van der Waals surface area contributed by atoms with Gasteiger partial charge < -0.3 is 9.84 Å². The monoisotopic (exact) mass is 172 g/mol. The summed E-state index contributed by atoms with van der Waals surface area (Å²) in [6.45, 7) is 0.692. The molecule has 1 unspecified atom stereocenters. The lowest BCUT2D eigenvalue weighted by molar-refractivity contribution is 0.0511. The van der Waals surface area contributed by atoms with Crippen LogP contribution in [0.4, 0.5) is 0 Å². The van der Waals surface area contributed by atoms with Gasteiger partial charge >= 0.3 is 0 Å². The van der Waals surface area contributed by atoms with Crippen molar-refractivity contribution in [3.05, 3.63) is 0 Å². The van der Waals surface area contributed by atoms with Gasteiger partial charge in [0.05, 0.1) is 6.10 Å². The van der Waals surface area contributed by atoms with Crippen molar-refractivity contribution in [3.8, 4) is 0 Å². The predicted octanol–water partition coefficient (Wildman–Crippen LogP) is 1.96. The molecule has 0 spiro atoms. The molecule has 0 radical (unpaired) electrons. The van der Waals surface area contributed by atoms with Gasteiger partial charge in [0.1, 0.15) is 0 Å². The number of rotatable bonds is 4. The zero-order valence-corrected chi connectivity index (χ0v) is 7.96. The fourth-order valence-corrected chi connectivity index (χ4v) is 1.99. The quantitative estimate of drug-likeness (QED) is 0.702. The van der Waals surface area contributed by atoms with Crippen LogP contribution in [0.15, 0.2) is 0 Å². The van der Waals surface area contributed by atoms with Gasteiger partial charge in [-0.15, -0.1) is 0 Å². The maximum Gasteiger partial charge on any atom is 0.0590 e. The van der Waals surface area contributed by atoms with E-state index in [1.165, 1.54) is 32.1 Å². The molecular formula is C10H20O2. The number of hydrogen-bond acceptors (Lipinski definition) is 2. The fraction of sp³-hybridized carbons (Fsp3) is 1.00. The van der Waals surface area contributed by atoms with Crippen molar-refractivity contribution in [2.75, 3.05) is 13.7 Å². The Kier molecular flexibility index (Phi) is 4.62. The van der Waals surface area contributed by atoms with E-state index in [4.69, 9.17) is 4.74 Å². The molecule has 12 heavy (non-hydrogen) atoms. The van der Waals surface area contributed by atoms with E-state index in [9.17, 15) is 5.11 Å². The zero-order valence-electron chi connectivity index (χ0n) is 7.96. The highest BCUT2D eigenvalue weighted by Gasteiger charge is 2.20. The maximum atomic E-state index is 9.73. The van der Waals surface area contributed by atoms with Gasteiger partial charge in [-0.05, 0) is 25.2 Å². The first-order valence-electron chi connectivity index (χ1n) is 5.01. The first kappa shape index (κ1) is 10.0. The van der Waals surface area contributed by atoms with E-state index in [1.54, 1.807) is 7.11 Å². The lowest BCUT2D eigenvalue weighted by atomic mass is 9.84. The van der Waals surface area contributed by atoms with Gasteiger partial charge in [-0.3, -0.25) is 0 Å². The zero-order chi connectivity index (χ0) is 8.81. The third-order valence-electron chi connectivity index (χ3n) is 2.81. The van der Waals surface area contributed by atoms with Crippen LogP contribution in [-0.4, -0.2) is 24.9 Å². The third-order valence-corrected chi connectivity index (χ3v) is 2.81. The number of hydrogen-bond donors (Lipinski definition) is 1. The molecule has 0 aromatic heterocycles. The Hall–Kier alpha value is -0.0800. The van der Waals surface area contributed by atoms with Gasteiger partial charge in [-0.2, -0.15) is 0 Å². The Bertz CT molecular complexity index is 108. The van der Waals surface area contributed by atoms with Gasteiger partial charge in [0.25, 0.3) is 0 Å². The standard InChI is InChI=1S/C10H20O2/c1-12-8-7-10(11)9-5-3-2-4-6-9/h9-11H,2-8H2,1H3. The predicted molar refractivity (Wildman–Crippen MR) is 49.1 cm³/mol. The summed E-state index contributed by atoms with van der Waals surface area (Å²) >= 11 is 0. The third kappa shape index (κ3) is 3.11. The second-order valence-corrected chi connectivity index (χ2v) is 3.75. The second-order valence-electron chi connectivity index (χ2n) is 3.75. The molecule has 0 aromatic rings. The Morgan fingerprint density at radius 1 is 1.33 bits per heavy atom. The Labute approximate surface area is 74.9 Å². The number of ether oxygens (including phenoxy) is 1. The van der Waals surface area contributed by atoms with Crippen molar-refractivity contribution in [1.29, 1.82) is 0 Å². The fourth-order valence-electron chi connectivity index (χ4n) is 1.99. The summed E-state index contributed by atoms with van der Waals surface area (Å²) in [6, 6.07) is 0. The number of aliphatic hydroxyl groups excluding tert-OH is 1. The van der Waals surface area contributed by atoms with E-state index in [0.29, 0.717) is 12.5 Å². The molecule has 2 heteroatoms. The van der Waals surface area contributed by atoms with Crippen LogP contribution in [0.5, 0.6) is 0 Å². The summed E-state index contributed by atoms with van der Waals surface area (Å²) in [5.41, 5.74) is 0.